The summed E-state index contributed by atoms with van der Waals surface area (Å²) in [4.78, 5) is 50.1. The number of nitrogens with zero attached hydrogens (tertiary/aromatic N) is 2. The summed E-state index contributed by atoms with van der Waals surface area (Å²) in [6.07, 6.45) is -0.234. The Morgan fingerprint density at radius 3 is 2.19 bits per heavy atom. The minimum absolute atomic E-state index is 0.0676. The summed E-state index contributed by atoms with van der Waals surface area (Å²) in [5, 5.41) is 12.8. The first-order valence-electron chi connectivity index (χ1n) is 19.2. The van der Waals surface area contributed by atoms with Gasteiger partial charge in [0.15, 0.2) is 11.5 Å². The van der Waals surface area contributed by atoms with Gasteiger partial charge in [0.25, 0.3) is 0 Å². The van der Waals surface area contributed by atoms with Gasteiger partial charge in [-0.3, -0.25) is 19.3 Å². The number of hydrogen-bond acceptors (Lipinski definition) is 9. The van der Waals surface area contributed by atoms with Crippen molar-refractivity contribution < 1.29 is 38.4 Å². The third kappa shape index (κ3) is 5.83. The number of anilines is 1. The van der Waals surface area contributed by atoms with Crippen LogP contribution < -0.4 is 19.5 Å². The van der Waals surface area contributed by atoms with Gasteiger partial charge >= 0.3 is 5.97 Å². The molecule has 57 heavy (non-hydrogen) atoms. The van der Waals surface area contributed by atoms with Crippen LogP contribution >= 0.6 is 0 Å². The van der Waals surface area contributed by atoms with E-state index in [0.717, 1.165) is 22.3 Å². The summed E-state index contributed by atoms with van der Waals surface area (Å²) in [6.45, 7) is 0.494. The number of esters is 1. The molecule has 4 aliphatic heterocycles. The summed E-state index contributed by atoms with van der Waals surface area (Å²) in [5.74, 6) is -0.830. The molecule has 4 heterocycles. The van der Waals surface area contributed by atoms with E-state index in [1.54, 1.807) is 25.2 Å². The number of rotatable bonds is 9. The van der Waals surface area contributed by atoms with Gasteiger partial charge in [-0.25, -0.2) is 0 Å². The molecule has 11 nitrogen and oxygen atoms in total. The summed E-state index contributed by atoms with van der Waals surface area (Å²) in [5.41, 5.74) is 3.89. The molecule has 1 spiro atoms. The smallest absolute Gasteiger partial charge is 0.324 e. The molecule has 2 saturated heterocycles. The second-order valence-electron chi connectivity index (χ2n) is 14.9. The maximum Gasteiger partial charge on any atom is 0.324 e. The first kappa shape index (κ1) is 36.5. The zero-order chi connectivity index (χ0) is 39.3. The molecule has 2 N–H and O–H groups in total. The Bertz CT molecular complexity index is 2340. The average molecular weight is 766 g/mol. The van der Waals surface area contributed by atoms with Gasteiger partial charge in [0, 0.05) is 18.8 Å². The second-order valence-corrected chi connectivity index (χ2v) is 14.9. The van der Waals surface area contributed by atoms with Crippen molar-refractivity contribution in [3.8, 4) is 17.2 Å². The predicted molar refractivity (Wildman–Crippen MR) is 211 cm³/mol. The zero-order valence-electron chi connectivity index (χ0n) is 31.7. The van der Waals surface area contributed by atoms with Crippen molar-refractivity contribution in [1.82, 2.24) is 9.80 Å². The molecule has 0 radical (unpaired) electrons. The molecule has 4 aliphatic rings. The highest BCUT2D eigenvalue weighted by Crippen LogP contribution is 2.65. The molecule has 0 bridgehead atoms. The normalized spacial score (nSPS) is 24.9. The summed E-state index contributed by atoms with van der Waals surface area (Å²) in [7, 11) is 3.17. The van der Waals surface area contributed by atoms with E-state index in [-0.39, 0.29) is 31.6 Å². The molecule has 5 aromatic rings. The number of fused-ring (bicyclic) bond motifs is 4. The molecule has 5 aromatic carbocycles. The van der Waals surface area contributed by atoms with E-state index in [2.05, 4.69) is 10.2 Å². The number of cyclic esters (lactones) is 1. The largest absolute Gasteiger partial charge is 0.493 e. The second kappa shape index (κ2) is 14.7. The molecule has 2 fully saturated rings. The molecule has 0 aliphatic carbocycles. The number of carbonyl (C=O) groups is 3. The highest BCUT2D eigenvalue weighted by Gasteiger charge is 2.74. The van der Waals surface area contributed by atoms with Crippen LogP contribution in [0.3, 0.4) is 0 Å². The van der Waals surface area contributed by atoms with Crippen LogP contribution in [-0.4, -0.2) is 72.7 Å². The fourth-order valence-electron chi connectivity index (χ4n) is 9.74. The van der Waals surface area contributed by atoms with Crippen LogP contribution in [0.1, 0.15) is 51.6 Å². The summed E-state index contributed by atoms with van der Waals surface area (Å²) < 4.78 is 23.7. The Morgan fingerprint density at radius 1 is 0.807 bits per heavy atom. The van der Waals surface area contributed by atoms with Crippen molar-refractivity contribution in [2.24, 2.45) is 5.92 Å². The van der Waals surface area contributed by atoms with E-state index in [0.29, 0.717) is 47.0 Å². The lowest BCUT2D eigenvalue weighted by atomic mass is 9.65. The quantitative estimate of drug-likeness (QED) is 0.176. The first-order valence-corrected chi connectivity index (χ1v) is 19.2. The Morgan fingerprint density at radius 2 is 1.47 bits per heavy atom. The summed E-state index contributed by atoms with van der Waals surface area (Å²) in [6, 6.07) is 35.5. The lowest BCUT2D eigenvalue weighted by Gasteiger charge is -2.46. The number of para-hydroxylation sites is 1. The van der Waals surface area contributed by atoms with Gasteiger partial charge in [-0.2, -0.15) is 0 Å². The van der Waals surface area contributed by atoms with Crippen molar-refractivity contribution in [2.75, 3.05) is 39.3 Å². The number of aliphatic hydroxyl groups is 1. The van der Waals surface area contributed by atoms with Gasteiger partial charge in [-0.1, -0.05) is 91.0 Å². The van der Waals surface area contributed by atoms with Gasteiger partial charge < -0.3 is 34.3 Å². The minimum Gasteiger partial charge on any atom is -0.493 e. The molecular formula is C46H43N3O8. The monoisotopic (exact) mass is 765 g/mol. The number of methoxy groups -OCH3 is 2. The molecule has 6 atom stereocenters. The van der Waals surface area contributed by atoms with E-state index in [1.807, 2.05) is 115 Å². The van der Waals surface area contributed by atoms with Crippen LogP contribution in [0.15, 0.2) is 121 Å². The topological polar surface area (TPSA) is 127 Å². The minimum atomic E-state index is -1.59. The van der Waals surface area contributed by atoms with Crippen LogP contribution in [0, 0.1) is 5.92 Å². The zero-order valence-corrected chi connectivity index (χ0v) is 31.7. The maximum atomic E-state index is 15.8. The van der Waals surface area contributed by atoms with Crippen molar-refractivity contribution in [1.29, 1.82) is 0 Å². The van der Waals surface area contributed by atoms with E-state index in [9.17, 15) is 5.11 Å². The number of amides is 2. The Hall–Kier alpha value is -6.17. The fourth-order valence-corrected chi connectivity index (χ4v) is 9.74. The maximum absolute atomic E-state index is 15.8. The average Bonchev–Trinajstić information content (AvgIpc) is 3.74. The molecular weight excluding hydrogens is 723 g/mol. The first-order chi connectivity index (χ1) is 27.9. The number of nitrogens with one attached hydrogen (secondary N) is 1. The standard InChI is InChI=1S/C46H43N3O8/c1-54-36-25-30-20-21-48(27-32(30)26-37(36)55-2)43(51)38-40-44(52)57-41(29-14-7-4-8-15-29)39(28-12-5-3-6-13-28)49(40)42(31-16-11-17-33(24-31)56-23-22-50)46(38)34-18-9-10-19-35(34)47-45(46)53/h3-19,24-26,38-42,50H,20-23,27H2,1-2H3,(H,47,53)/t38-,39-,40-,41+,42+,46-/m0/s1. The highest BCUT2D eigenvalue weighted by atomic mass is 16.6. The van der Waals surface area contributed by atoms with Crippen LogP contribution in [0.25, 0.3) is 0 Å². The van der Waals surface area contributed by atoms with Gasteiger partial charge in [0.2, 0.25) is 11.8 Å². The van der Waals surface area contributed by atoms with Crippen LogP contribution in [0.2, 0.25) is 0 Å². The molecule has 9 rings (SSSR count). The van der Waals surface area contributed by atoms with Gasteiger partial charge in [0.1, 0.15) is 29.9 Å². The number of aliphatic hydroxyl groups excluding tert-OH is 1. The molecule has 2 amide bonds. The van der Waals surface area contributed by atoms with E-state index in [1.165, 1.54) is 0 Å². The molecule has 11 heteroatoms. The third-order valence-corrected chi connectivity index (χ3v) is 12.0. The third-order valence-electron chi connectivity index (χ3n) is 12.0. The fraction of sp³-hybridized carbons (Fsp3) is 0.283. The van der Waals surface area contributed by atoms with Gasteiger partial charge in [0.05, 0.1) is 38.8 Å². The molecule has 0 unspecified atom stereocenters. The van der Waals surface area contributed by atoms with E-state index in [4.69, 9.17) is 18.9 Å². The van der Waals surface area contributed by atoms with Gasteiger partial charge in [-0.05, 0) is 70.1 Å². The van der Waals surface area contributed by atoms with Crippen LogP contribution in [0.4, 0.5) is 5.69 Å². The van der Waals surface area contributed by atoms with E-state index < -0.39 is 41.5 Å². The van der Waals surface area contributed by atoms with Crippen LogP contribution in [-0.2, 0) is 37.5 Å². The highest BCUT2D eigenvalue weighted by molar-refractivity contribution is 6.12. The van der Waals surface area contributed by atoms with Crippen molar-refractivity contribution in [2.45, 2.75) is 42.6 Å². The Kier molecular flexibility index (Phi) is 9.42. The number of hydrogen-bond donors (Lipinski definition) is 2. The molecule has 290 valence electrons. The predicted octanol–water partition coefficient (Wildman–Crippen LogP) is 5.93. The lowest BCUT2D eigenvalue weighted by molar-refractivity contribution is -0.179. The van der Waals surface area contributed by atoms with Gasteiger partial charge in [-0.15, -0.1) is 0 Å². The number of morpholine rings is 1. The number of benzene rings is 5. The summed E-state index contributed by atoms with van der Waals surface area (Å²) >= 11 is 0. The van der Waals surface area contributed by atoms with Crippen molar-refractivity contribution in [3.63, 3.8) is 0 Å². The lowest BCUT2D eigenvalue weighted by Crippen LogP contribution is -2.56. The number of ether oxygens (including phenoxy) is 4. The van der Waals surface area contributed by atoms with Crippen LogP contribution in [0.5, 0.6) is 17.2 Å². The number of carbonyl (C=O) groups excluding carboxylic acids is 3. The SMILES string of the molecule is COc1cc2c(cc1OC)CN(C(=O)[C@@H]1[C@H]3C(=O)O[C@H](c4ccccc4)[C@H](c4ccccc4)N3[C@H](c3cccc(OCCO)c3)[C@@]13C(=O)Nc1ccccc13)CC2. The molecule has 0 aromatic heterocycles. The van der Waals surface area contributed by atoms with Crippen molar-refractivity contribution >= 4 is 23.5 Å². The molecule has 0 saturated carbocycles. The Balaban J connectivity index is 1.29. The van der Waals surface area contributed by atoms with E-state index >= 15 is 14.4 Å². The van der Waals surface area contributed by atoms with Crippen molar-refractivity contribution in [3.05, 3.63) is 155 Å². The Labute approximate surface area is 330 Å².